The molecule has 1 aromatic carbocycles. The summed E-state index contributed by atoms with van der Waals surface area (Å²) >= 11 is 1.88. The van der Waals surface area contributed by atoms with Crippen LogP contribution in [-0.4, -0.2) is 45.8 Å². The van der Waals surface area contributed by atoms with Crippen LogP contribution in [-0.2, 0) is 19.5 Å². The predicted octanol–water partition coefficient (Wildman–Crippen LogP) is 3.21. The van der Waals surface area contributed by atoms with Gasteiger partial charge in [-0.2, -0.15) is 0 Å². The highest BCUT2D eigenvalue weighted by molar-refractivity contribution is 7.11. The zero-order valence-corrected chi connectivity index (χ0v) is 18.0. The number of aryl methyl sites for hydroxylation is 1. The summed E-state index contributed by atoms with van der Waals surface area (Å²) < 4.78 is 7.18. The number of fused-ring (bicyclic) bond motifs is 2. The van der Waals surface area contributed by atoms with Gasteiger partial charge in [-0.15, -0.1) is 21.5 Å². The quantitative estimate of drug-likeness (QED) is 0.682. The lowest BCUT2D eigenvalue weighted by Crippen LogP contribution is -2.31. The number of amides is 1. The molecule has 1 fully saturated rings. The maximum atomic E-state index is 12.8. The largest absolute Gasteiger partial charge is 0.497 e. The topological polar surface area (TPSA) is 72.3 Å². The average Bonchev–Trinajstić information content (AvgIpc) is 3.44. The first-order chi connectivity index (χ1) is 14.6. The fourth-order valence-electron chi connectivity index (χ4n) is 4.57. The van der Waals surface area contributed by atoms with Crippen molar-refractivity contribution in [3.8, 4) is 5.75 Å². The summed E-state index contributed by atoms with van der Waals surface area (Å²) in [6, 6.07) is 11.7. The van der Waals surface area contributed by atoms with Gasteiger partial charge in [0.1, 0.15) is 11.6 Å². The van der Waals surface area contributed by atoms with E-state index in [4.69, 9.17) is 4.74 Å². The van der Waals surface area contributed by atoms with Crippen molar-refractivity contribution in [2.24, 2.45) is 11.8 Å². The molecular formula is C22H25N5O2S. The summed E-state index contributed by atoms with van der Waals surface area (Å²) in [7, 11) is 1.62. The van der Waals surface area contributed by atoms with E-state index >= 15 is 0 Å². The molecule has 1 amide bonds. The van der Waals surface area contributed by atoms with Crippen LogP contribution >= 0.6 is 11.3 Å². The number of rotatable bonds is 5. The van der Waals surface area contributed by atoms with Crippen molar-refractivity contribution >= 4 is 22.9 Å². The van der Waals surface area contributed by atoms with E-state index in [1.54, 1.807) is 7.11 Å². The van der Waals surface area contributed by atoms with E-state index in [1.165, 1.54) is 9.75 Å². The summed E-state index contributed by atoms with van der Waals surface area (Å²) in [5.74, 6) is 2.96. The number of likely N-dealkylation sites (tertiary alicyclic amines) is 1. The predicted molar refractivity (Wildman–Crippen MR) is 116 cm³/mol. The van der Waals surface area contributed by atoms with Gasteiger partial charge in [0.2, 0.25) is 5.82 Å². The molecule has 7 nitrogen and oxygen atoms in total. The summed E-state index contributed by atoms with van der Waals surface area (Å²) in [6.07, 6.45) is 0.882. The van der Waals surface area contributed by atoms with Gasteiger partial charge in [0.05, 0.1) is 7.11 Å². The van der Waals surface area contributed by atoms with Gasteiger partial charge in [-0.3, -0.25) is 9.69 Å². The number of hydrogen-bond acceptors (Lipinski definition) is 6. The molecule has 5 rings (SSSR count). The van der Waals surface area contributed by atoms with Gasteiger partial charge in [0.25, 0.3) is 5.91 Å². The van der Waals surface area contributed by atoms with Crippen LogP contribution in [0.1, 0.15) is 26.2 Å². The molecule has 2 aliphatic rings. The van der Waals surface area contributed by atoms with Crippen LogP contribution in [0.2, 0.25) is 0 Å². The van der Waals surface area contributed by atoms with Gasteiger partial charge < -0.3 is 14.6 Å². The molecule has 2 aliphatic heterocycles. The number of aromatic nitrogens is 3. The van der Waals surface area contributed by atoms with E-state index in [0.29, 0.717) is 23.3 Å². The number of carbonyl (C=O) groups is 1. The lowest BCUT2D eigenvalue weighted by molar-refractivity contribution is 0.100. The molecule has 1 saturated heterocycles. The summed E-state index contributed by atoms with van der Waals surface area (Å²) in [4.78, 5) is 18.1. The van der Waals surface area contributed by atoms with Gasteiger partial charge in [0, 0.05) is 48.0 Å². The minimum Gasteiger partial charge on any atom is -0.497 e. The van der Waals surface area contributed by atoms with E-state index in [0.717, 1.165) is 44.2 Å². The smallest absolute Gasteiger partial charge is 0.293 e. The van der Waals surface area contributed by atoms with Crippen molar-refractivity contribution in [1.82, 2.24) is 19.7 Å². The fourth-order valence-corrected chi connectivity index (χ4v) is 5.50. The lowest BCUT2D eigenvalue weighted by atomic mass is 9.89. The minimum absolute atomic E-state index is 0.221. The number of hydrogen-bond donors (Lipinski definition) is 1. The number of methoxy groups -OCH3 is 1. The van der Waals surface area contributed by atoms with Crippen molar-refractivity contribution in [3.05, 3.63) is 57.8 Å². The molecule has 0 unspecified atom stereocenters. The second-order valence-electron chi connectivity index (χ2n) is 8.16. The van der Waals surface area contributed by atoms with Crippen LogP contribution in [0.3, 0.4) is 0 Å². The molecule has 8 heteroatoms. The van der Waals surface area contributed by atoms with Crippen LogP contribution < -0.4 is 10.1 Å². The third-order valence-electron chi connectivity index (χ3n) is 6.07. The molecule has 2 atom stereocenters. The van der Waals surface area contributed by atoms with Crippen LogP contribution in [0.4, 0.5) is 5.69 Å². The SMILES string of the molecule is COc1ccc(NC(=O)c2nnc3n2C[C@@H]2CN(Cc4ccc(C)s4)C[C@@H]2C3)cc1. The number of carbonyl (C=O) groups excluding carboxylic acids is 1. The Morgan fingerprint density at radius 1 is 1.13 bits per heavy atom. The van der Waals surface area contributed by atoms with Crippen LogP contribution in [0.5, 0.6) is 5.75 Å². The van der Waals surface area contributed by atoms with E-state index in [9.17, 15) is 4.79 Å². The number of nitrogens with zero attached hydrogens (tertiary/aromatic N) is 4. The average molecular weight is 424 g/mol. The number of thiophene rings is 1. The van der Waals surface area contributed by atoms with Gasteiger partial charge in [-0.1, -0.05) is 0 Å². The Hall–Kier alpha value is -2.71. The molecule has 2 aromatic heterocycles. The van der Waals surface area contributed by atoms with Crippen LogP contribution in [0.25, 0.3) is 0 Å². The van der Waals surface area contributed by atoms with Crippen molar-refractivity contribution in [3.63, 3.8) is 0 Å². The summed E-state index contributed by atoms with van der Waals surface area (Å²) in [5.41, 5.74) is 0.713. The Balaban J connectivity index is 1.26. The van der Waals surface area contributed by atoms with Crippen molar-refractivity contribution in [2.75, 3.05) is 25.5 Å². The summed E-state index contributed by atoms with van der Waals surface area (Å²) in [5, 5.41) is 11.5. The molecule has 30 heavy (non-hydrogen) atoms. The van der Waals surface area contributed by atoms with Crippen molar-refractivity contribution in [1.29, 1.82) is 0 Å². The maximum Gasteiger partial charge on any atom is 0.293 e. The summed E-state index contributed by atoms with van der Waals surface area (Å²) in [6.45, 7) is 6.11. The molecule has 3 aromatic rings. The highest BCUT2D eigenvalue weighted by Crippen LogP contribution is 2.34. The highest BCUT2D eigenvalue weighted by atomic mass is 32.1. The minimum atomic E-state index is -0.221. The molecule has 156 valence electrons. The van der Waals surface area contributed by atoms with E-state index < -0.39 is 0 Å². The second kappa shape index (κ2) is 7.85. The van der Waals surface area contributed by atoms with Crippen molar-refractivity contribution < 1.29 is 9.53 Å². The monoisotopic (exact) mass is 423 g/mol. The Labute approximate surface area is 179 Å². The fraction of sp³-hybridized carbons (Fsp3) is 0.409. The molecule has 0 aliphatic carbocycles. The van der Waals surface area contributed by atoms with Crippen LogP contribution in [0, 0.1) is 18.8 Å². The van der Waals surface area contributed by atoms with E-state index in [-0.39, 0.29) is 5.91 Å². The Morgan fingerprint density at radius 2 is 1.93 bits per heavy atom. The highest BCUT2D eigenvalue weighted by Gasteiger charge is 2.39. The molecule has 1 N–H and O–H groups in total. The second-order valence-corrected chi connectivity index (χ2v) is 9.54. The van der Waals surface area contributed by atoms with E-state index in [2.05, 4.69) is 39.5 Å². The zero-order valence-electron chi connectivity index (χ0n) is 17.2. The number of nitrogens with one attached hydrogen (secondary N) is 1. The third kappa shape index (κ3) is 3.73. The van der Waals surface area contributed by atoms with Crippen molar-refractivity contribution in [2.45, 2.75) is 26.4 Å². The van der Waals surface area contributed by atoms with Crippen LogP contribution in [0.15, 0.2) is 36.4 Å². The molecular weight excluding hydrogens is 398 g/mol. The van der Waals surface area contributed by atoms with Gasteiger partial charge >= 0.3 is 0 Å². The Kier molecular flexibility index (Phi) is 5.04. The van der Waals surface area contributed by atoms with Gasteiger partial charge in [-0.05, 0) is 55.2 Å². The zero-order chi connectivity index (χ0) is 20.7. The lowest BCUT2D eigenvalue weighted by Gasteiger charge is -2.25. The van der Waals surface area contributed by atoms with E-state index in [1.807, 2.05) is 40.2 Å². The number of anilines is 1. The number of benzene rings is 1. The number of ether oxygens (including phenoxy) is 1. The Bertz CT molecular complexity index is 1060. The van der Waals surface area contributed by atoms with Gasteiger partial charge in [-0.25, -0.2) is 0 Å². The normalized spacial score (nSPS) is 20.6. The standard InChI is InChI=1S/C22H25N5O2S/c1-14-3-8-19(30-14)13-26-10-15-9-20-24-25-21(27(20)12-16(15)11-26)22(28)23-17-4-6-18(29-2)7-5-17/h3-8,15-16H,9-13H2,1-2H3,(H,23,28)/t15-,16-/m0/s1. The first-order valence-electron chi connectivity index (χ1n) is 10.2. The Morgan fingerprint density at radius 3 is 2.67 bits per heavy atom. The molecule has 0 radical (unpaired) electrons. The molecule has 0 bridgehead atoms. The first-order valence-corrected chi connectivity index (χ1v) is 11.1. The third-order valence-corrected chi connectivity index (χ3v) is 7.05. The molecule has 0 spiro atoms. The molecule has 0 saturated carbocycles. The molecule has 4 heterocycles. The maximum absolute atomic E-state index is 12.8. The first kappa shape index (κ1) is 19.3. The van der Waals surface area contributed by atoms with Gasteiger partial charge in [0.15, 0.2) is 0 Å².